The van der Waals surface area contributed by atoms with E-state index in [-0.39, 0.29) is 12.0 Å². The van der Waals surface area contributed by atoms with E-state index in [9.17, 15) is 5.11 Å². The second kappa shape index (κ2) is 4.30. The molecule has 1 heterocycles. The minimum Gasteiger partial charge on any atom is -0.393 e. The Morgan fingerprint density at radius 3 is 2.71 bits per heavy atom. The highest BCUT2D eigenvalue weighted by molar-refractivity contribution is 5.38. The van der Waals surface area contributed by atoms with E-state index in [1.165, 1.54) is 11.1 Å². The SMILES string of the molecule is OC1Cc2ccccc2C(c2ccccn2)C1. The fourth-order valence-corrected chi connectivity index (χ4v) is 2.66. The van der Waals surface area contributed by atoms with Gasteiger partial charge < -0.3 is 5.11 Å². The largest absolute Gasteiger partial charge is 0.393 e. The Morgan fingerprint density at radius 1 is 1.06 bits per heavy atom. The molecule has 0 aliphatic heterocycles. The quantitative estimate of drug-likeness (QED) is 0.809. The zero-order valence-corrected chi connectivity index (χ0v) is 9.58. The topological polar surface area (TPSA) is 33.1 Å². The summed E-state index contributed by atoms with van der Waals surface area (Å²) in [7, 11) is 0. The van der Waals surface area contributed by atoms with Gasteiger partial charge in [0, 0.05) is 17.8 Å². The van der Waals surface area contributed by atoms with Crippen molar-refractivity contribution >= 4 is 0 Å². The van der Waals surface area contributed by atoms with Gasteiger partial charge in [-0.05, 0) is 36.1 Å². The maximum Gasteiger partial charge on any atom is 0.0590 e. The molecule has 0 fully saturated rings. The molecule has 1 N–H and O–H groups in total. The highest BCUT2D eigenvalue weighted by atomic mass is 16.3. The third-order valence-electron chi connectivity index (χ3n) is 3.44. The van der Waals surface area contributed by atoms with Crippen LogP contribution in [0.3, 0.4) is 0 Å². The van der Waals surface area contributed by atoms with Crippen molar-refractivity contribution in [3.05, 3.63) is 65.5 Å². The van der Waals surface area contributed by atoms with E-state index in [2.05, 4.69) is 23.2 Å². The number of nitrogens with zero attached hydrogens (tertiary/aromatic N) is 1. The number of aromatic nitrogens is 1. The summed E-state index contributed by atoms with van der Waals surface area (Å²) in [5.41, 5.74) is 3.62. The van der Waals surface area contributed by atoms with Gasteiger partial charge in [-0.25, -0.2) is 0 Å². The van der Waals surface area contributed by atoms with Crippen molar-refractivity contribution in [2.24, 2.45) is 0 Å². The molecule has 2 heteroatoms. The number of benzene rings is 1. The Kier molecular flexibility index (Phi) is 2.65. The summed E-state index contributed by atoms with van der Waals surface area (Å²) in [6, 6.07) is 14.3. The minimum absolute atomic E-state index is 0.233. The lowest BCUT2D eigenvalue weighted by molar-refractivity contribution is 0.151. The molecule has 0 spiro atoms. The average Bonchev–Trinajstić information content (AvgIpc) is 2.39. The third-order valence-corrected chi connectivity index (χ3v) is 3.44. The van der Waals surface area contributed by atoms with E-state index in [1.54, 1.807) is 0 Å². The van der Waals surface area contributed by atoms with Crippen molar-refractivity contribution in [3.8, 4) is 0 Å². The maximum atomic E-state index is 9.96. The molecule has 1 aliphatic carbocycles. The van der Waals surface area contributed by atoms with Crippen molar-refractivity contribution in [3.63, 3.8) is 0 Å². The molecule has 0 radical (unpaired) electrons. The van der Waals surface area contributed by atoms with Gasteiger partial charge in [-0.1, -0.05) is 30.3 Å². The summed E-state index contributed by atoms with van der Waals surface area (Å²) in [5, 5.41) is 9.96. The smallest absolute Gasteiger partial charge is 0.0590 e. The average molecular weight is 225 g/mol. The fourth-order valence-electron chi connectivity index (χ4n) is 2.66. The lowest BCUT2D eigenvalue weighted by Gasteiger charge is -2.28. The molecule has 3 rings (SSSR count). The van der Waals surface area contributed by atoms with Crippen LogP contribution in [0, 0.1) is 0 Å². The van der Waals surface area contributed by atoms with Crippen LogP contribution in [0.15, 0.2) is 48.7 Å². The maximum absolute atomic E-state index is 9.96. The molecule has 2 atom stereocenters. The molecule has 2 aromatic rings. The van der Waals surface area contributed by atoms with Gasteiger partial charge in [0.1, 0.15) is 0 Å². The van der Waals surface area contributed by atoms with Crippen LogP contribution in [0.2, 0.25) is 0 Å². The zero-order chi connectivity index (χ0) is 11.7. The van der Waals surface area contributed by atoms with Crippen LogP contribution in [0.25, 0.3) is 0 Å². The molecule has 0 amide bonds. The summed E-state index contributed by atoms with van der Waals surface area (Å²) in [5.74, 6) is 0.233. The zero-order valence-electron chi connectivity index (χ0n) is 9.58. The molecule has 2 nitrogen and oxygen atoms in total. The summed E-state index contributed by atoms with van der Waals surface area (Å²) < 4.78 is 0. The standard InChI is InChI=1S/C15H15NO/c17-12-9-11-5-1-2-6-13(11)14(10-12)15-7-3-4-8-16-15/h1-8,12,14,17H,9-10H2. The van der Waals surface area contributed by atoms with Crippen molar-refractivity contribution in [1.82, 2.24) is 4.98 Å². The van der Waals surface area contributed by atoms with Gasteiger partial charge in [-0.15, -0.1) is 0 Å². The molecular formula is C15H15NO. The van der Waals surface area contributed by atoms with Gasteiger partial charge in [0.25, 0.3) is 0 Å². The van der Waals surface area contributed by atoms with Crippen LogP contribution in [0.1, 0.15) is 29.2 Å². The lowest BCUT2D eigenvalue weighted by Crippen LogP contribution is -2.23. The second-order valence-corrected chi connectivity index (χ2v) is 4.60. The van der Waals surface area contributed by atoms with Gasteiger partial charge >= 0.3 is 0 Å². The Labute approximate surface area is 101 Å². The number of rotatable bonds is 1. The molecule has 0 bridgehead atoms. The summed E-state index contributed by atoms with van der Waals surface area (Å²) in [6.07, 6.45) is 3.10. The molecule has 1 aliphatic rings. The van der Waals surface area contributed by atoms with E-state index in [4.69, 9.17) is 0 Å². The number of aliphatic hydroxyl groups excluding tert-OH is 1. The minimum atomic E-state index is -0.253. The Morgan fingerprint density at radius 2 is 1.88 bits per heavy atom. The first-order valence-corrected chi connectivity index (χ1v) is 6.01. The first-order valence-electron chi connectivity index (χ1n) is 6.01. The van der Waals surface area contributed by atoms with Crippen LogP contribution >= 0.6 is 0 Å². The monoisotopic (exact) mass is 225 g/mol. The summed E-state index contributed by atoms with van der Waals surface area (Å²) >= 11 is 0. The van der Waals surface area contributed by atoms with Crippen LogP contribution < -0.4 is 0 Å². The number of pyridine rings is 1. The van der Waals surface area contributed by atoms with E-state index < -0.39 is 0 Å². The van der Waals surface area contributed by atoms with Crippen molar-refractivity contribution in [2.75, 3.05) is 0 Å². The van der Waals surface area contributed by atoms with Crippen LogP contribution in [0.4, 0.5) is 0 Å². The predicted octanol–water partition coefficient (Wildman–Crippen LogP) is 2.52. The van der Waals surface area contributed by atoms with E-state index in [0.29, 0.717) is 0 Å². The predicted molar refractivity (Wildman–Crippen MR) is 66.8 cm³/mol. The highest BCUT2D eigenvalue weighted by Gasteiger charge is 2.27. The van der Waals surface area contributed by atoms with E-state index in [1.807, 2.05) is 30.5 Å². The molecular weight excluding hydrogens is 210 g/mol. The van der Waals surface area contributed by atoms with E-state index >= 15 is 0 Å². The molecule has 0 saturated heterocycles. The third kappa shape index (κ3) is 1.96. The van der Waals surface area contributed by atoms with Gasteiger partial charge in [-0.2, -0.15) is 0 Å². The Bertz CT molecular complexity index is 509. The summed E-state index contributed by atoms with van der Waals surface area (Å²) in [4.78, 5) is 4.42. The van der Waals surface area contributed by atoms with E-state index in [0.717, 1.165) is 18.5 Å². The Hall–Kier alpha value is -1.67. The number of hydrogen-bond acceptors (Lipinski definition) is 2. The lowest BCUT2D eigenvalue weighted by atomic mass is 9.79. The first-order chi connectivity index (χ1) is 8.34. The van der Waals surface area contributed by atoms with Gasteiger partial charge in [0.15, 0.2) is 0 Å². The van der Waals surface area contributed by atoms with Gasteiger partial charge in [0.05, 0.1) is 6.10 Å². The van der Waals surface area contributed by atoms with Crippen molar-refractivity contribution in [1.29, 1.82) is 0 Å². The fraction of sp³-hybridized carbons (Fsp3) is 0.267. The molecule has 0 saturated carbocycles. The van der Waals surface area contributed by atoms with Crippen LogP contribution in [-0.2, 0) is 6.42 Å². The van der Waals surface area contributed by atoms with Gasteiger partial charge in [0.2, 0.25) is 0 Å². The van der Waals surface area contributed by atoms with Crippen LogP contribution in [0.5, 0.6) is 0 Å². The van der Waals surface area contributed by atoms with Crippen molar-refractivity contribution in [2.45, 2.75) is 24.9 Å². The highest BCUT2D eigenvalue weighted by Crippen LogP contribution is 2.35. The second-order valence-electron chi connectivity index (χ2n) is 4.60. The molecule has 86 valence electrons. The normalized spacial score (nSPS) is 23.1. The molecule has 17 heavy (non-hydrogen) atoms. The van der Waals surface area contributed by atoms with Crippen LogP contribution in [-0.4, -0.2) is 16.2 Å². The number of aliphatic hydroxyl groups is 1. The Balaban J connectivity index is 2.07. The summed E-state index contributed by atoms with van der Waals surface area (Å²) in [6.45, 7) is 0. The molecule has 2 unspecified atom stereocenters. The first kappa shape index (κ1) is 10.5. The molecule has 1 aromatic carbocycles. The number of hydrogen-bond donors (Lipinski definition) is 1. The van der Waals surface area contributed by atoms with Gasteiger partial charge in [-0.3, -0.25) is 4.98 Å². The molecule has 1 aromatic heterocycles. The van der Waals surface area contributed by atoms with Crippen molar-refractivity contribution < 1.29 is 5.11 Å². The number of fused-ring (bicyclic) bond motifs is 1.